The van der Waals surface area contributed by atoms with Crippen molar-refractivity contribution in [3.05, 3.63) is 35.0 Å². The van der Waals surface area contributed by atoms with Gasteiger partial charge in [0.1, 0.15) is 16.6 Å². The second-order valence-corrected chi connectivity index (χ2v) is 7.22. The second kappa shape index (κ2) is 5.94. The normalized spacial score (nSPS) is 18.5. The average Bonchev–Trinajstić information content (AvgIpc) is 2.87. The summed E-state index contributed by atoms with van der Waals surface area (Å²) in [7, 11) is 0. The third kappa shape index (κ3) is 3.43. The highest BCUT2D eigenvalue weighted by Gasteiger charge is 2.35. The summed E-state index contributed by atoms with van der Waals surface area (Å²) in [6, 6.07) is 0.127. The molecule has 2 aliphatic heterocycles. The highest BCUT2D eigenvalue weighted by atomic mass is 35.5. The first-order chi connectivity index (χ1) is 11.2. The lowest BCUT2D eigenvalue weighted by Crippen LogP contribution is -2.52. The molecule has 2 aliphatic rings. The Balaban J connectivity index is 1.63. The highest BCUT2D eigenvalue weighted by Crippen LogP contribution is 2.26. The molecule has 0 saturated carbocycles. The lowest BCUT2D eigenvalue weighted by atomic mass is 10.1. The summed E-state index contributed by atoms with van der Waals surface area (Å²) in [6.07, 6.45) is 5.07. The maximum absolute atomic E-state index is 12.0. The van der Waals surface area contributed by atoms with Gasteiger partial charge < -0.3 is 15.4 Å². The van der Waals surface area contributed by atoms with Gasteiger partial charge in [0.15, 0.2) is 0 Å². The molecule has 0 aliphatic carbocycles. The second-order valence-electron chi connectivity index (χ2n) is 6.82. The first-order valence-electron chi connectivity index (χ1n) is 7.64. The molecule has 4 N–H and O–H groups in total. The molecule has 0 bridgehead atoms. The molecule has 1 fully saturated rings. The zero-order valence-corrected chi connectivity index (χ0v) is 14.6. The van der Waals surface area contributed by atoms with Crippen LogP contribution in [0.25, 0.3) is 5.57 Å². The van der Waals surface area contributed by atoms with Crippen molar-refractivity contribution in [3.63, 3.8) is 0 Å². The van der Waals surface area contributed by atoms with E-state index < -0.39 is 5.60 Å². The quantitative estimate of drug-likeness (QED) is 0.698. The van der Waals surface area contributed by atoms with Crippen LogP contribution in [-0.4, -0.2) is 39.5 Å². The standard InChI is InChI=1S/C15H21ClN6O2/c1-15(2,3)24-14(23)21-7-10(8-21)22-6-9(5-18-22)11-4-12(16)19-20-13(11)17/h4-6,10,19-20H,7-8,17H2,1-3H3. The molecule has 3 heterocycles. The van der Waals surface area contributed by atoms with Gasteiger partial charge >= 0.3 is 6.09 Å². The van der Waals surface area contributed by atoms with Crippen molar-refractivity contribution in [2.75, 3.05) is 13.1 Å². The minimum Gasteiger partial charge on any atom is -0.444 e. The Morgan fingerprint density at radius 1 is 1.42 bits per heavy atom. The van der Waals surface area contributed by atoms with Crippen molar-refractivity contribution >= 4 is 23.3 Å². The highest BCUT2D eigenvalue weighted by molar-refractivity contribution is 6.30. The predicted molar refractivity (Wildman–Crippen MR) is 90.4 cm³/mol. The Morgan fingerprint density at radius 2 is 2.12 bits per heavy atom. The largest absolute Gasteiger partial charge is 0.444 e. The maximum Gasteiger partial charge on any atom is 0.410 e. The van der Waals surface area contributed by atoms with E-state index in [4.69, 9.17) is 22.1 Å². The van der Waals surface area contributed by atoms with E-state index in [0.29, 0.717) is 24.1 Å². The number of nitrogens with zero attached hydrogens (tertiary/aromatic N) is 3. The molecule has 0 aromatic carbocycles. The number of hydrogen-bond acceptors (Lipinski definition) is 6. The van der Waals surface area contributed by atoms with E-state index in [1.807, 2.05) is 31.6 Å². The van der Waals surface area contributed by atoms with E-state index in [2.05, 4.69) is 16.0 Å². The predicted octanol–water partition coefficient (Wildman–Crippen LogP) is 1.49. The molecule has 9 heteroatoms. The Hall–Kier alpha value is -2.35. The Bertz CT molecular complexity index is 712. The molecule has 24 heavy (non-hydrogen) atoms. The Morgan fingerprint density at radius 3 is 2.79 bits per heavy atom. The number of amides is 1. The smallest absolute Gasteiger partial charge is 0.410 e. The molecule has 1 amide bonds. The summed E-state index contributed by atoms with van der Waals surface area (Å²) < 4.78 is 7.18. The van der Waals surface area contributed by atoms with Gasteiger partial charge in [-0.25, -0.2) is 4.79 Å². The van der Waals surface area contributed by atoms with Gasteiger partial charge in [-0.2, -0.15) is 5.10 Å². The monoisotopic (exact) mass is 352 g/mol. The SMILES string of the molecule is CC(C)(C)OC(=O)N1CC(n2cc(C3=C(N)NNC(Cl)=C3)cn2)C1. The number of carbonyl (C=O) groups excluding carboxylic acids is 1. The Kier molecular flexibility index (Phi) is 4.08. The van der Waals surface area contributed by atoms with Crippen LogP contribution in [0.2, 0.25) is 0 Å². The van der Waals surface area contributed by atoms with E-state index in [-0.39, 0.29) is 12.1 Å². The van der Waals surface area contributed by atoms with Gasteiger partial charge in [0.25, 0.3) is 0 Å². The first-order valence-corrected chi connectivity index (χ1v) is 8.02. The number of likely N-dealkylation sites (tertiary alicyclic amines) is 1. The number of aromatic nitrogens is 2. The molecule has 8 nitrogen and oxygen atoms in total. The van der Waals surface area contributed by atoms with E-state index in [1.165, 1.54) is 0 Å². The molecule has 0 radical (unpaired) electrons. The summed E-state index contributed by atoms with van der Waals surface area (Å²) in [5.74, 6) is 0.475. The zero-order valence-electron chi connectivity index (χ0n) is 13.8. The van der Waals surface area contributed by atoms with Crippen LogP contribution in [0.5, 0.6) is 0 Å². The lowest BCUT2D eigenvalue weighted by Gasteiger charge is -2.39. The summed E-state index contributed by atoms with van der Waals surface area (Å²) in [5, 5.41) is 4.82. The molecule has 0 spiro atoms. The number of allylic oxidation sites excluding steroid dienone is 2. The van der Waals surface area contributed by atoms with Gasteiger partial charge in [0.2, 0.25) is 0 Å². The average molecular weight is 353 g/mol. The van der Waals surface area contributed by atoms with Crippen LogP contribution in [0.15, 0.2) is 29.4 Å². The number of nitrogens with one attached hydrogen (secondary N) is 2. The van der Waals surface area contributed by atoms with Crippen LogP contribution in [0.3, 0.4) is 0 Å². The molecule has 1 aromatic rings. The minimum atomic E-state index is -0.487. The van der Waals surface area contributed by atoms with Gasteiger partial charge in [-0.3, -0.25) is 15.5 Å². The number of ether oxygens (including phenoxy) is 1. The topological polar surface area (TPSA) is 97.4 Å². The summed E-state index contributed by atoms with van der Waals surface area (Å²) >= 11 is 5.95. The van der Waals surface area contributed by atoms with Crippen LogP contribution in [0.4, 0.5) is 4.79 Å². The fourth-order valence-corrected chi connectivity index (χ4v) is 2.61. The number of hydrogen-bond donors (Lipinski definition) is 3. The van der Waals surface area contributed by atoms with Crippen molar-refractivity contribution in [2.45, 2.75) is 32.4 Å². The number of rotatable bonds is 2. The van der Waals surface area contributed by atoms with Crippen molar-refractivity contribution < 1.29 is 9.53 Å². The van der Waals surface area contributed by atoms with E-state index >= 15 is 0 Å². The van der Waals surface area contributed by atoms with Crippen molar-refractivity contribution in [3.8, 4) is 0 Å². The molecular formula is C15H21ClN6O2. The third-order valence-corrected chi connectivity index (χ3v) is 3.88. The van der Waals surface area contributed by atoms with Gasteiger partial charge in [-0.05, 0) is 26.8 Å². The fourth-order valence-electron chi connectivity index (χ4n) is 2.45. The van der Waals surface area contributed by atoms with Gasteiger partial charge in [0.05, 0.1) is 12.2 Å². The number of carbonyl (C=O) groups is 1. The number of hydrazine groups is 1. The molecule has 3 rings (SSSR count). The summed E-state index contributed by atoms with van der Waals surface area (Å²) in [6.45, 7) is 6.70. The van der Waals surface area contributed by atoms with Crippen molar-refractivity contribution in [2.24, 2.45) is 5.73 Å². The maximum atomic E-state index is 12.0. The molecular weight excluding hydrogens is 332 g/mol. The van der Waals surface area contributed by atoms with Crippen LogP contribution >= 0.6 is 11.6 Å². The minimum absolute atomic E-state index is 0.127. The molecule has 0 atom stereocenters. The molecule has 130 valence electrons. The van der Waals surface area contributed by atoms with E-state index in [1.54, 1.807) is 17.2 Å². The Labute approximate surface area is 145 Å². The molecule has 1 saturated heterocycles. The number of nitrogens with two attached hydrogens (primary N) is 1. The third-order valence-electron chi connectivity index (χ3n) is 3.68. The van der Waals surface area contributed by atoms with Crippen LogP contribution in [0.1, 0.15) is 32.4 Å². The van der Waals surface area contributed by atoms with Crippen LogP contribution in [0, 0.1) is 0 Å². The summed E-state index contributed by atoms with van der Waals surface area (Å²) in [4.78, 5) is 13.6. The lowest BCUT2D eigenvalue weighted by molar-refractivity contribution is -0.000389. The van der Waals surface area contributed by atoms with Crippen LogP contribution in [-0.2, 0) is 4.74 Å². The van der Waals surface area contributed by atoms with Gasteiger partial charge in [0, 0.05) is 30.4 Å². The van der Waals surface area contributed by atoms with Crippen molar-refractivity contribution in [1.29, 1.82) is 0 Å². The first kappa shape index (κ1) is 16.5. The molecule has 1 aromatic heterocycles. The fraction of sp³-hybridized carbons (Fsp3) is 0.467. The van der Waals surface area contributed by atoms with Crippen molar-refractivity contribution in [1.82, 2.24) is 25.5 Å². The van der Waals surface area contributed by atoms with Gasteiger partial charge in [-0.15, -0.1) is 0 Å². The molecule has 0 unspecified atom stereocenters. The number of halogens is 1. The van der Waals surface area contributed by atoms with Gasteiger partial charge in [-0.1, -0.05) is 11.6 Å². The summed E-state index contributed by atoms with van der Waals surface area (Å²) in [5.41, 5.74) is 12.6. The van der Waals surface area contributed by atoms with E-state index in [9.17, 15) is 4.79 Å². The van der Waals surface area contributed by atoms with E-state index in [0.717, 1.165) is 11.1 Å². The van der Waals surface area contributed by atoms with Crippen LogP contribution < -0.4 is 16.6 Å². The zero-order chi connectivity index (χ0) is 17.5.